The summed E-state index contributed by atoms with van der Waals surface area (Å²) in [7, 11) is -1.34. The molecule has 0 aliphatic carbocycles. The van der Waals surface area contributed by atoms with Gasteiger partial charge in [0.15, 0.2) is 11.9 Å². The normalized spacial score (nSPS) is 11.7. The number of halogens is 2. The highest BCUT2D eigenvalue weighted by Gasteiger charge is 2.30. The topological polar surface area (TPSA) is 113 Å². The maximum Gasteiger partial charge on any atom is 0.340 e. The van der Waals surface area contributed by atoms with Crippen molar-refractivity contribution in [3.8, 4) is 17.2 Å². The van der Waals surface area contributed by atoms with Crippen molar-refractivity contribution in [1.82, 2.24) is 5.32 Å². The van der Waals surface area contributed by atoms with Crippen LogP contribution in [0.15, 0.2) is 39.3 Å². The molecule has 1 atom stereocenters. The fraction of sp³-hybridized carbons (Fsp3) is 0.263. The quantitative estimate of drug-likeness (QED) is 0.407. The predicted octanol–water partition coefficient (Wildman–Crippen LogP) is 5.26. The smallest absolute Gasteiger partial charge is 0.340 e. The molecule has 0 fully saturated rings. The minimum Gasteiger partial charge on any atom is -0.507 e. The number of carbonyl (C=O) groups excluding carboxylic acids is 1. The highest BCUT2D eigenvalue weighted by atomic mass is 79.9. The van der Waals surface area contributed by atoms with Gasteiger partial charge in [-0.15, -0.1) is 0 Å². The van der Waals surface area contributed by atoms with Crippen LogP contribution in [-0.2, 0) is 15.5 Å². The third-order valence-electron chi connectivity index (χ3n) is 3.86. The molecular weight excluding hydrogens is 529 g/mol. The van der Waals surface area contributed by atoms with Crippen molar-refractivity contribution in [2.45, 2.75) is 25.5 Å². The summed E-state index contributed by atoms with van der Waals surface area (Å²) in [6, 6.07) is 7.67. The first-order valence-electron chi connectivity index (χ1n) is 8.33. The molecule has 0 heterocycles. The minimum absolute atomic E-state index is 0.122. The molecule has 29 heavy (non-hydrogen) atoms. The van der Waals surface area contributed by atoms with Gasteiger partial charge in [-0.25, -0.2) is 4.79 Å². The second-order valence-corrected chi connectivity index (χ2v) is 10.1. The molecule has 1 unspecified atom stereocenters. The number of carboxylic acid groups (broad SMARTS) is 1. The Bertz CT molecular complexity index is 970. The van der Waals surface area contributed by atoms with E-state index in [2.05, 4.69) is 37.2 Å². The third-order valence-corrected chi connectivity index (χ3v) is 5.85. The molecule has 2 aromatic rings. The molecule has 0 saturated heterocycles. The van der Waals surface area contributed by atoms with Crippen molar-refractivity contribution in [3.63, 3.8) is 0 Å². The van der Waals surface area contributed by atoms with Crippen LogP contribution in [0.3, 0.4) is 0 Å². The lowest BCUT2D eigenvalue weighted by Crippen LogP contribution is -2.49. The van der Waals surface area contributed by atoms with Crippen molar-refractivity contribution in [2.75, 3.05) is 6.66 Å². The number of hydrogen-bond acceptors (Lipinski definition) is 5. The molecule has 154 valence electrons. The Morgan fingerprint density at radius 3 is 2.28 bits per heavy atom. The highest BCUT2D eigenvalue weighted by Crippen LogP contribution is 2.40. The van der Waals surface area contributed by atoms with Gasteiger partial charge in [-0.3, -0.25) is 4.79 Å². The molecule has 0 aliphatic heterocycles. The van der Waals surface area contributed by atoms with Gasteiger partial charge in [-0.2, -0.15) is 0 Å². The molecule has 1 amide bonds. The zero-order valence-electron chi connectivity index (χ0n) is 15.8. The number of nitrogens with one attached hydrogen (secondary N) is 1. The predicted molar refractivity (Wildman–Crippen MR) is 116 cm³/mol. The van der Waals surface area contributed by atoms with Gasteiger partial charge in [0.25, 0.3) is 5.91 Å². The number of rotatable bonds is 7. The van der Waals surface area contributed by atoms with Crippen LogP contribution in [0.4, 0.5) is 0 Å². The standard InChI is InChI=1S/C19H18Br2NO6P/c1-19(2,18(25)26)22-17(24)12-8-11(4-5-15(12)23)28-16-13(20)6-10(7-14(16)21)9-29(3)27/h4-8H,9H2,1-3H3,(H2-,22,23,24,25,26)/p+1. The van der Waals surface area contributed by atoms with E-state index in [4.69, 9.17) is 9.84 Å². The maximum atomic E-state index is 12.4. The first kappa shape index (κ1) is 23.3. The number of carboxylic acids is 1. The van der Waals surface area contributed by atoms with E-state index in [-0.39, 0.29) is 17.1 Å². The van der Waals surface area contributed by atoms with E-state index in [0.717, 1.165) is 5.56 Å². The molecule has 3 N–H and O–H groups in total. The summed E-state index contributed by atoms with van der Waals surface area (Å²) in [6.07, 6.45) is 0.426. The summed E-state index contributed by atoms with van der Waals surface area (Å²) in [5, 5.41) is 21.5. The monoisotopic (exact) mass is 546 g/mol. The second-order valence-electron chi connectivity index (χ2n) is 6.84. The summed E-state index contributed by atoms with van der Waals surface area (Å²) >= 11 is 6.84. The van der Waals surface area contributed by atoms with Crippen molar-refractivity contribution in [3.05, 3.63) is 50.4 Å². The van der Waals surface area contributed by atoms with E-state index >= 15 is 0 Å². The Hall–Kier alpha value is -1.96. The van der Waals surface area contributed by atoms with E-state index in [0.29, 0.717) is 20.9 Å². The lowest BCUT2D eigenvalue weighted by Gasteiger charge is -2.21. The van der Waals surface area contributed by atoms with Crippen LogP contribution in [0, 0.1) is 0 Å². The molecule has 0 bridgehead atoms. The van der Waals surface area contributed by atoms with Crippen molar-refractivity contribution < 1.29 is 29.1 Å². The molecule has 0 aromatic heterocycles. The van der Waals surface area contributed by atoms with Crippen molar-refractivity contribution in [2.24, 2.45) is 0 Å². The van der Waals surface area contributed by atoms with Crippen LogP contribution in [0.25, 0.3) is 0 Å². The summed E-state index contributed by atoms with van der Waals surface area (Å²) in [4.78, 5) is 23.7. The number of carbonyl (C=O) groups is 2. The first-order chi connectivity index (χ1) is 13.4. The van der Waals surface area contributed by atoms with E-state index in [1.165, 1.54) is 32.0 Å². The molecule has 2 rings (SSSR count). The number of aliphatic carboxylic acids is 1. The van der Waals surface area contributed by atoms with Crippen LogP contribution >= 0.6 is 39.7 Å². The van der Waals surface area contributed by atoms with E-state index in [1.807, 2.05) is 0 Å². The van der Waals surface area contributed by atoms with Crippen molar-refractivity contribution >= 4 is 51.5 Å². The largest absolute Gasteiger partial charge is 0.507 e. The molecule has 2 aromatic carbocycles. The number of hydrogen-bond donors (Lipinski definition) is 3. The van der Waals surface area contributed by atoms with Gasteiger partial charge >= 0.3 is 13.8 Å². The summed E-state index contributed by atoms with van der Waals surface area (Å²) < 4.78 is 18.6. The Morgan fingerprint density at radius 1 is 1.17 bits per heavy atom. The number of aromatic hydroxyl groups is 1. The second kappa shape index (κ2) is 9.24. The van der Waals surface area contributed by atoms with Gasteiger partial charge in [0, 0.05) is 5.56 Å². The molecule has 0 radical (unpaired) electrons. The van der Waals surface area contributed by atoms with Crippen LogP contribution in [0.1, 0.15) is 29.8 Å². The lowest BCUT2D eigenvalue weighted by molar-refractivity contribution is -0.143. The average Bonchev–Trinajstić information content (AvgIpc) is 2.58. The van der Waals surface area contributed by atoms with Gasteiger partial charge in [-0.1, -0.05) is 4.57 Å². The van der Waals surface area contributed by atoms with Gasteiger partial charge in [0.1, 0.15) is 23.7 Å². The zero-order valence-corrected chi connectivity index (χ0v) is 19.9. The number of ether oxygens (including phenoxy) is 1. The fourth-order valence-electron chi connectivity index (χ4n) is 2.34. The summed E-state index contributed by atoms with van der Waals surface area (Å²) in [6.45, 7) is 4.32. The highest BCUT2D eigenvalue weighted by molar-refractivity contribution is 9.11. The fourth-order valence-corrected chi connectivity index (χ4v) is 4.48. The van der Waals surface area contributed by atoms with E-state index in [1.54, 1.807) is 18.8 Å². The molecule has 0 spiro atoms. The molecule has 0 aliphatic rings. The Balaban J connectivity index is 2.32. The van der Waals surface area contributed by atoms with E-state index < -0.39 is 25.2 Å². The average molecular weight is 548 g/mol. The van der Waals surface area contributed by atoms with Crippen LogP contribution in [0.2, 0.25) is 0 Å². The van der Waals surface area contributed by atoms with Crippen molar-refractivity contribution in [1.29, 1.82) is 0 Å². The molecule has 10 heteroatoms. The summed E-state index contributed by atoms with van der Waals surface area (Å²) in [5.41, 5.74) is -0.771. The lowest BCUT2D eigenvalue weighted by atomic mass is 10.0. The van der Waals surface area contributed by atoms with Gasteiger partial charge in [0.05, 0.1) is 14.5 Å². The summed E-state index contributed by atoms with van der Waals surface area (Å²) in [5.74, 6) is -1.57. The van der Waals surface area contributed by atoms with Crippen LogP contribution in [0.5, 0.6) is 17.2 Å². The Labute approximate surface area is 185 Å². The Morgan fingerprint density at radius 2 is 1.76 bits per heavy atom. The third kappa shape index (κ3) is 6.01. The van der Waals surface area contributed by atoms with Crippen LogP contribution < -0.4 is 10.1 Å². The molecule has 0 saturated carbocycles. The molecule has 7 nitrogen and oxygen atoms in total. The van der Waals surface area contributed by atoms with Crippen LogP contribution in [-0.4, -0.2) is 34.3 Å². The minimum atomic E-state index is -1.51. The number of phenols is 1. The van der Waals surface area contributed by atoms with E-state index in [9.17, 15) is 19.3 Å². The SMILES string of the molecule is C[P+](=O)Cc1cc(Br)c(Oc2ccc(O)c(C(=O)NC(C)(C)C(=O)O)c2)c(Br)c1. The Kier molecular flexibility index (Phi) is 7.43. The van der Waals surface area contributed by atoms with Gasteiger partial charge in [-0.05, 0) is 76.0 Å². The first-order valence-corrected chi connectivity index (χ1v) is 11.8. The molecular formula is C19H19Br2NO6P+. The number of amides is 1. The number of phenolic OH excluding ortho intramolecular Hbond substituents is 1. The number of benzene rings is 2. The van der Waals surface area contributed by atoms with Gasteiger partial charge in [0.2, 0.25) is 0 Å². The maximum absolute atomic E-state index is 12.4. The zero-order chi connectivity index (χ0) is 21.9. The van der Waals surface area contributed by atoms with Gasteiger partial charge < -0.3 is 20.3 Å².